The van der Waals surface area contributed by atoms with Crippen molar-refractivity contribution < 1.29 is 4.79 Å². The Morgan fingerprint density at radius 2 is 1.71 bits per heavy atom. The molecule has 1 saturated carbocycles. The van der Waals surface area contributed by atoms with Crippen molar-refractivity contribution in [3.05, 3.63) is 114 Å². The molecular weight excluding hydrogens is 420 g/mol. The normalized spacial score (nSPS) is 13.6. The zero-order valence-electron chi connectivity index (χ0n) is 18.7. The van der Waals surface area contributed by atoms with Crippen LogP contribution in [-0.2, 0) is 6.54 Å². The minimum Gasteiger partial charge on any atom is -0.342 e. The number of carbonyl (C=O) groups excluding carboxylic acids is 1. The van der Waals surface area contributed by atoms with Crippen molar-refractivity contribution in [3.8, 4) is 0 Å². The lowest BCUT2D eigenvalue weighted by molar-refractivity contribution is 0.0956. The lowest BCUT2D eigenvalue weighted by atomic mass is 10.1. The second kappa shape index (κ2) is 8.60. The van der Waals surface area contributed by atoms with Crippen LogP contribution in [0.4, 0.5) is 0 Å². The van der Waals surface area contributed by atoms with Gasteiger partial charge < -0.3 is 4.57 Å². The summed E-state index contributed by atoms with van der Waals surface area (Å²) in [7, 11) is 0. The van der Waals surface area contributed by atoms with E-state index in [2.05, 4.69) is 57.7 Å². The minimum atomic E-state index is -0.218. The summed E-state index contributed by atoms with van der Waals surface area (Å²) in [6.07, 6.45) is 6.09. The molecule has 5 heteroatoms. The summed E-state index contributed by atoms with van der Waals surface area (Å²) >= 11 is 0. The number of hydrogen-bond acceptors (Lipinski definition) is 3. The van der Waals surface area contributed by atoms with E-state index in [4.69, 9.17) is 4.98 Å². The van der Waals surface area contributed by atoms with Gasteiger partial charge >= 0.3 is 0 Å². The molecule has 0 spiro atoms. The molecular formula is C29H24N4O. The molecule has 0 atom stereocenters. The molecule has 6 rings (SSSR count). The molecule has 1 aliphatic carbocycles. The summed E-state index contributed by atoms with van der Waals surface area (Å²) < 4.78 is 2.21. The predicted octanol–water partition coefficient (Wildman–Crippen LogP) is 5.88. The number of benzene rings is 3. The standard InChI is InChI=1S/C29H24N4O/c34-29(25-16-27(21-14-15-21)31-26-12-6-4-11-24(25)26)32-30-17-22-19-33(18-20-8-2-1-3-9-20)28-13-7-5-10-23(22)28/h1-13,16-17,19,21H,14-15,18H2,(H,32,34)/b30-17+. The van der Waals surface area contributed by atoms with Crippen LogP contribution in [0.25, 0.3) is 21.8 Å². The van der Waals surface area contributed by atoms with E-state index in [9.17, 15) is 4.79 Å². The van der Waals surface area contributed by atoms with Gasteiger partial charge in [0.2, 0.25) is 0 Å². The lowest BCUT2D eigenvalue weighted by Gasteiger charge is -2.08. The number of pyridine rings is 1. The predicted molar refractivity (Wildman–Crippen MR) is 136 cm³/mol. The highest BCUT2D eigenvalue weighted by atomic mass is 16.2. The van der Waals surface area contributed by atoms with E-state index in [1.54, 1.807) is 6.21 Å². The van der Waals surface area contributed by atoms with Crippen LogP contribution in [0.5, 0.6) is 0 Å². The Morgan fingerprint density at radius 3 is 2.53 bits per heavy atom. The highest BCUT2D eigenvalue weighted by molar-refractivity contribution is 6.07. The fourth-order valence-electron chi connectivity index (χ4n) is 4.48. The molecule has 1 aliphatic rings. The number of hydrazone groups is 1. The summed E-state index contributed by atoms with van der Waals surface area (Å²) in [5.74, 6) is 0.250. The molecule has 1 fully saturated rings. The van der Waals surface area contributed by atoms with Gasteiger partial charge in [0, 0.05) is 46.2 Å². The van der Waals surface area contributed by atoms with E-state index in [0.29, 0.717) is 11.5 Å². The summed E-state index contributed by atoms with van der Waals surface area (Å²) in [5, 5.41) is 6.27. The van der Waals surface area contributed by atoms with Gasteiger partial charge in [-0.2, -0.15) is 5.10 Å². The van der Waals surface area contributed by atoms with Crippen molar-refractivity contribution in [3.63, 3.8) is 0 Å². The molecule has 34 heavy (non-hydrogen) atoms. The third-order valence-electron chi connectivity index (χ3n) is 6.36. The van der Waals surface area contributed by atoms with Crippen LogP contribution in [0.15, 0.2) is 96.2 Å². The van der Waals surface area contributed by atoms with E-state index in [1.807, 2.05) is 48.5 Å². The van der Waals surface area contributed by atoms with Crippen LogP contribution in [0, 0.1) is 0 Å². The molecule has 0 aliphatic heterocycles. The lowest BCUT2D eigenvalue weighted by Crippen LogP contribution is -2.18. The quantitative estimate of drug-likeness (QED) is 0.263. The number of rotatable bonds is 6. The number of aromatic nitrogens is 2. The largest absolute Gasteiger partial charge is 0.342 e. The van der Waals surface area contributed by atoms with Crippen molar-refractivity contribution in [2.24, 2.45) is 5.10 Å². The Hall–Kier alpha value is -4.25. The topological polar surface area (TPSA) is 59.3 Å². The Morgan fingerprint density at radius 1 is 0.971 bits per heavy atom. The van der Waals surface area contributed by atoms with E-state index < -0.39 is 0 Å². The van der Waals surface area contributed by atoms with Crippen LogP contribution >= 0.6 is 0 Å². The SMILES string of the molecule is O=C(N/N=C/c1cn(Cc2ccccc2)c2ccccc12)c1cc(C2CC2)nc2ccccc12. The Bertz CT molecular complexity index is 1530. The Kier molecular flexibility index (Phi) is 5.15. The number of hydrogen-bond donors (Lipinski definition) is 1. The summed E-state index contributed by atoms with van der Waals surface area (Å²) in [5.41, 5.74) is 8.54. The molecule has 1 amide bonds. The van der Waals surface area contributed by atoms with Gasteiger partial charge in [-0.1, -0.05) is 66.7 Å². The van der Waals surface area contributed by atoms with Crippen LogP contribution in [-0.4, -0.2) is 21.7 Å². The number of nitrogens with one attached hydrogen (secondary N) is 1. The molecule has 166 valence electrons. The average molecular weight is 445 g/mol. The smallest absolute Gasteiger partial charge is 0.272 e. The average Bonchev–Trinajstić information content (AvgIpc) is 3.68. The van der Waals surface area contributed by atoms with Gasteiger partial charge in [0.15, 0.2) is 0 Å². The maximum Gasteiger partial charge on any atom is 0.272 e. The third kappa shape index (κ3) is 3.97. The molecule has 5 nitrogen and oxygen atoms in total. The zero-order valence-corrected chi connectivity index (χ0v) is 18.7. The highest BCUT2D eigenvalue weighted by Crippen LogP contribution is 2.40. The molecule has 0 unspecified atom stereocenters. The van der Waals surface area contributed by atoms with Crippen molar-refractivity contribution in [1.82, 2.24) is 15.0 Å². The highest BCUT2D eigenvalue weighted by Gasteiger charge is 2.26. The first-order valence-electron chi connectivity index (χ1n) is 11.6. The molecule has 0 bridgehead atoms. The first-order chi connectivity index (χ1) is 16.8. The van der Waals surface area contributed by atoms with Crippen LogP contribution in [0.3, 0.4) is 0 Å². The number of amides is 1. The molecule has 2 heterocycles. The van der Waals surface area contributed by atoms with E-state index in [0.717, 1.165) is 52.4 Å². The molecule has 2 aromatic heterocycles. The van der Waals surface area contributed by atoms with Crippen molar-refractivity contribution in [2.75, 3.05) is 0 Å². The fraction of sp³-hybridized carbons (Fsp3) is 0.138. The van der Waals surface area contributed by atoms with E-state index in [1.165, 1.54) is 5.56 Å². The molecule has 1 N–H and O–H groups in total. The van der Waals surface area contributed by atoms with Gasteiger partial charge in [-0.15, -0.1) is 0 Å². The Labute approximate surface area is 197 Å². The Balaban J connectivity index is 1.28. The van der Waals surface area contributed by atoms with Crippen LogP contribution in [0.2, 0.25) is 0 Å². The maximum atomic E-state index is 13.1. The third-order valence-corrected chi connectivity index (χ3v) is 6.36. The summed E-state index contributed by atoms with van der Waals surface area (Å²) in [6, 6.07) is 28.3. The minimum absolute atomic E-state index is 0.218. The number of para-hydroxylation sites is 2. The van der Waals surface area contributed by atoms with Gasteiger partial charge in [0.1, 0.15) is 0 Å². The monoisotopic (exact) mass is 444 g/mol. The van der Waals surface area contributed by atoms with Crippen LogP contribution < -0.4 is 5.43 Å². The summed E-state index contributed by atoms with van der Waals surface area (Å²) in [6.45, 7) is 0.772. The molecule has 5 aromatic rings. The van der Waals surface area contributed by atoms with E-state index in [-0.39, 0.29) is 5.91 Å². The van der Waals surface area contributed by atoms with E-state index >= 15 is 0 Å². The fourth-order valence-corrected chi connectivity index (χ4v) is 4.48. The zero-order chi connectivity index (χ0) is 22.9. The first kappa shape index (κ1) is 20.4. The van der Waals surface area contributed by atoms with Gasteiger partial charge in [0.25, 0.3) is 5.91 Å². The number of nitrogens with zero attached hydrogens (tertiary/aromatic N) is 3. The second-order valence-electron chi connectivity index (χ2n) is 8.80. The number of fused-ring (bicyclic) bond motifs is 2. The molecule has 3 aromatic carbocycles. The van der Waals surface area contributed by atoms with Crippen molar-refractivity contribution in [2.45, 2.75) is 25.3 Å². The molecule has 0 saturated heterocycles. The van der Waals surface area contributed by atoms with Gasteiger partial charge in [-0.3, -0.25) is 9.78 Å². The number of carbonyl (C=O) groups is 1. The van der Waals surface area contributed by atoms with Gasteiger partial charge in [0.05, 0.1) is 17.3 Å². The van der Waals surface area contributed by atoms with Gasteiger partial charge in [-0.05, 0) is 36.6 Å². The van der Waals surface area contributed by atoms with Crippen molar-refractivity contribution in [1.29, 1.82) is 0 Å². The van der Waals surface area contributed by atoms with Gasteiger partial charge in [-0.25, -0.2) is 5.43 Å². The van der Waals surface area contributed by atoms with Crippen LogP contribution in [0.1, 0.15) is 45.9 Å². The second-order valence-corrected chi connectivity index (χ2v) is 8.80. The first-order valence-corrected chi connectivity index (χ1v) is 11.6. The summed E-state index contributed by atoms with van der Waals surface area (Å²) in [4.78, 5) is 17.9. The van der Waals surface area contributed by atoms with Crippen molar-refractivity contribution >= 4 is 33.9 Å². The molecule has 0 radical (unpaired) electrons. The maximum absolute atomic E-state index is 13.1.